The maximum atomic E-state index is 4.65. The molecule has 26 heavy (non-hydrogen) atoms. The highest BCUT2D eigenvalue weighted by molar-refractivity contribution is 5.46. The van der Waals surface area contributed by atoms with Gasteiger partial charge in [0.05, 0.1) is 0 Å². The topological polar surface area (TPSA) is 31.4 Å². The minimum Gasteiger partial charge on any atom is -0.355 e. The van der Waals surface area contributed by atoms with Crippen molar-refractivity contribution in [3.05, 3.63) is 59.8 Å². The minimum absolute atomic E-state index is 0.609. The molecular weight excluding hydrogens is 320 g/mol. The summed E-state index contributed by atoms with van der Waals surface area (Å²) < 4.78 is 0. The molecular formula is C22H32N4. The number of anilines is 1. The summed E-state index contributed by atoms with van der Waals surface area (Å²) in [6, 6.07) is 16.1. The summed E-state index contributed by atoms with van der Waals surface area (Å²) in [7, 11) is 2.12. The fourth-order valence-corrected chi connectivity index (χ4v) is 3.72. The summed E-state index contributed by atoms with van der Waals surface area (Å²) in [5.41, 5.74) is 2.58. The van der Waals surface area contributed by atoms with Crippen molar-refractivity contribution in [2.45, 2.75) is 51.9 Å². The highest BCUT2D eigenvalue weighted by Gasteiger charge is 2.20. The molecule has 4 nitrogen and oxygen atoms in total. The molecule has 1 saturated heterocycles. The molecule has 2 aromatic rings. The van der Waals surface area contributed by atoms with E-state index in [1.54, 1.807) is 0 Å². The van der Waals surface area contributed by atoms with Gasteiger partial charge in [-0.3, -0.25) is 0 Å². The predicted molar refractivity (Wildman–Crippen MR) is 109 cm³/mol. The first-order valence-corrected chi connectivity index (χ1v) is 9.80. The van der Waals surface area contributed by atoms with E-state index in [0.29, 0.717) is 12.1 Å². The lowest BCUT2D eigenvalue weighted by molar-refractivity contribution is 0.161. The van der Waals surface area contributed by atoms with Gasteiger partial charge >= 0.3 is 0 Å². The fourth-order valence-electron chi connectivity index (χ4n) is 3.72. The van der Waals surface area contributed by atoms with Crippen LogP contribution in [-0.2, 0) is 13.1 Å². The summed E-state index contributed by atoms with van der Waals surface area (Å²) >= 11 is 0. The van der Waals surface area contributed by atoms with E-state index in [1.807, 2.05) is 12.3 Å². The van der Waals surface area contributed by atoms with Crippen LogP contribution < -0.4 is 10.2 Å². The molecule has 0 amide bonds. The first-order chi connectivity index (χ1) is 12.6. The molecule has 4 heteroatoms. The predicted octanol–water partition coefficient (Wildman–Crippen LogP) is 3.68. The number of nitrogens with one attached hydrogen (secondary N) is 1. The molecule has 0 atom stereocenters. The van der Waals surface area contributed by atoms with E-state index in [9.17, 15) is 0 Å². The van der Waals surface area contributed by atoms with Gasteiger partial charge in [0.2, 0.25) is 0 Å². The van der Waals surface area contributed by atoms with E-state index in [0.717, 1.165) is 18.9 Å². The number of piperidine rings is 1. The normalized spacial score (nSPS) is 16.2. The van der Waals surface area contributed by atoms with Gasteiger partial charge in [0.25, 0.3) is 0 Å². The minimum atomic E-state index is 0.609. The number of likely N-dealkylation sites (tertiary alicyclic amines) is 1. The standard InChI is InChI=1S/C22H32N4/c1-18(2)26-14-11-21(12-15-26)24-16-20-10-7-13-23-22(20)25(3)17-19-8-5-4-6-9-19/h4-10,13,18,21,24H,11-12,14-17H2,1-3H3. The molecule has 0 saturated carbocycles. The number of hydrogen-bond acceptors (Lipinski definition) is 4. The Bertz CT molecular complexity index is 663. The fraction of sp³-hybridized carbons (Fsp3) is 0.500. The average molecular weight is 353 g/mol. The molecule has 2 heterocycles. The van der Waals surface area contributed by atoms with E-state index in [2.05, 4.69) is 77.4 Å². The quantitative estimate of drug-likeness (QED) is 0.824. The van der Waals surface area contributed by atoms with E-state index in [1.165, 1.54) is 37.1 Å². The van der Waals surface area contributed by atoms with Gasteiger partial charge in [-0.15, -0.1) is 0 Å². The van der Waals surface area contributed by atoms with Gasteiger partial charge in [0, 0.05) is 44.0 Å². The van der Waals surface area contributed by atoms with Crippen LogP contribution in [0.1, 0.15) is 37.8 Å². The second-order valence-corrected chi connectivity index (χ2v) is 7.61. The molecule has 3 rings (SSSR count). The van der Waals surface area contributed by atoms with Crippen LogP contribution >= 0.6 is 0 Å². The first-order valence-electron chi connectivity index (χ1n) is 9.80. The van der Waals surface area contributed by atoms with Gasteiger partial charge in [-0.05, 0) is 51.4 Å². The van der Waals surface area contributed by atoms with Crippen molar-refractivity contribution >= 4 is 5.82 Å². The molecule has 0 spiro atoms. The van der Waals surface area contributed by atoms with Crippen molar-refractivity contribution < 1.29 is 0 Å². The molecule has 0 aliphatic carbocycles. The van der Waals surface area contributed by atoms with Gasteiger partial charge in [0.1, 0.15) is 5.82 Å². The average Bonchev–Trinajstić information content (AvgIpc) is 2.67. The number of benzene rings is 1. The molecule has 140 valence electrons. The molecule has 0 bridgehead atoms. The monoisotopic (exact) mass is 352 g/mol. The smallest absolute Gasteiger partial charge is 0.133 e. The van der Waals surface area contributed by atoms with Crippen molar-refractivity contribution in [2.75, 3.05) is 25.0 Å². The highest BCUT2D eigenvalue weighted by atomic mass is 15.2. The largest absolute Gasteiger partial charge is 0.355 e. The second-order valence-electron chi connectivity index (χ2n) is 7.61. The molecule has 1 N–H and O–H groups in total. The molecule has 1 fully saturated rings. The van der Waals surface area contributed by atoms with Crippen LogP contribution in [0.3, 0.4) is 0 Å². The number of nitrogens with zero attached hydrogens (tertiary/aromatic N) is 3. The van der Waals surface area contributed by atoms with Crippen LogP contribution in [0.2, 0.25) is 0 Å². The lowest BCUT2D eigenvalue weighted by Crippen LogP contribution is -2.44. The Kier molecular flexibility index (Phi) is 6.64. The van der Waals surface area contributed by atoms with Crippen molar-refractivity contribution in [2.24, 2.45) is 0 Å². The Hall–Kier alpha value is -1.91. The Labute approximate surface area is 158 Å². The zero-order valence-corrected chi connectivity index (χ0v) is 16.4. The third-order valence-corrected chi connectivity index (χ3v) is 5.33. The van der Waals surface area contributed by atoms with Gasteiger partial charge in [0.15, 0.2) is 0 Å². The SMILES string of the molecule is CC(C)N1CCC(NCc2cccnc2N(C)Cc2ccccc2)CC1. The van der Waals surface area contributed by atoms with Crippen LogP contribution in [0.15, 0.2) is 48.7 Å². The van der Waals surface area contributed by atoms with Gasteiger partial charge in [-0.1, -0.05) is 36.4 Å². The molecule has 1 aromatic heterocycles. The van der Waals surface area contributed by atoms with Crippen molar-refractivity contribution in [3.63, 3.8) is 0 Å². The zero-order valence-electron chi connectivity index (χ0n) is 16.4. The van der Waals surface area contributed by atoms with Crippen molar-refractivity contribution in [3.8, 4) is 0 Å². The summed E-state index contributed by atoms with van der Waals surface area (Å²) in [6.07, 6.45) is 4.35. The van der Waals surface area contributed by atoms with Gasteiger partial charge < -0.3 is 15.1 Å². The molecule has 0 radical (unpaired) electrons. The lowest BCUT2D eigenvalue weighted by Gasteiger charge is -2.35. The molecule has 1 aromatic carbocycles. The van der Waals surface area contributed by atoms with Crippen molar-refractivity contribution in [1.82, 2.24) is 15.2 Å². The number of hydrogen-bond donors (Lipinski definition) is 1. The first kappa shape index (κ1) is 18.9. The Morgan fingerprint density at radius 1 is 1.12 bits per heavy atom. The third kappa shape index (κ3) is 5.05. The van der Waals surface area contributed by atoms with Crippen LogP contribution in [-0.4, -0.2) is 42.1 Å². The van der Waals surface area contributed by atoms with Crippen LogP contribution in [0.25, 0.3) is 0 Å². The molecule has 1 aliphatic heterocycles. The molecule has 1 aliphatic rings. The number of rotatable bonds is 7. The molecule has 0 unspecified atom stereocenters. The third-order valence-electron chi connectivity index (χ3n) is 5.33. The Balaban J connectivity index is 1.57. The van der Waals surface area contributed by atoms with E-state index in [4.69, 9.17) is 0 Å². The Morgan fingerprint density at radius 3 is 2.54 bits per heavy atom. The van der Waals surface area contributed by atoms with Gasteiger partial charge in [-0.25, -0.2) is 4.98 Å². The summed E-state index contributed by atoms with van der Waals surface area (Å²) in [4.78, 5) is 9.47. The maximum absolute atomic E-state index is 4.65. The second kappa shape index (κ2) is 9.15. The van der Waals surface area contributed by atoms with E-state index >= 15 is 0 Å². The lowest BCUT2D eigenvalue weighted by atomic mass is 10.0. The number of pyridine rings is 1. The maximum Gasteiger partial charge on any atom is 0.133 e. The highest BCUT2D eigenvalue weighted by Crippen LogP contribution is 2.19. The zero-order chi connectivity index (χ0) is 18.4. The summed E-state index contributed by atoms with van der Waals surface area (Å²) in [5.74, 6) is 1.07. The van der Waals surface area contributed by atoms with E-state index < -0.39 is 0 Å². The summed E-state index contributed by atoms with van der Waals surface area (Å²) in [5, 5.41) is 3.76. The van der Waals surface area contributed by atoms with Crippen LogP contribution in [0, 0.1) is 0 Å². The van der Waals surface area contributed by atoms with Crippen LogP contribution in [0.5, 0.6) is 0 Å². The van der Waals surface area contributed by atoms with Crippen molar-refractivity contribution in [1.29, 1.82) is 0 Å². The van der Waals surface area contributed by atoms with Crippen LogP contribution in [0.4, 0.5) is 5.82 Å². The summed E-state index contributed by atoms with van der Waals surface area (Å²) in [6.45, 7) is 8.73. The van der Waals surface area contributed by atoms with Gasteiger partial charge in [-0.2, -0.15) is 0 Å². The Morgan fingerprint density at radius 2 is 1.85 bits per heavy atom. The number of aromatic nitrogens is 1. The van der Waals surface area contributed by atoms with E-state index in [-0.39, 0.29) is 0 Å².